The molecule has 0 spiro atoms. The number of nitrogens with zero attached hydrogens (tertiary/aromatic N) is 2. The number of hydrogen-bond acceptors (Lipinski definition) is 3. The molecule has 1 atom stereocenters. The molecule has 0 amide bonds. The van der Waals surface area contributed by atoms with Gasteiger partial charge in [-0.2, -0.15) is 5.26 Å². The van der Waals surface area contributed by atoms with E-state index in [1.165, 1.54) is 0 Å². The third-order valence-electron chi connectivity index (χ3n) is 3.93. The Bertz CT molecular complexity index is 317. The predicted molar refractivity (Wildman–Crippen MR) is 73.1 cm³/mol. The normalized spacial score (nSPS) is 21.9. The Kier molecular flexibility index (Phi) is 5.81. The molecule has 18 heavy (non-hydrogen) atoms. The van der Waals surface area contributed by atoms with Gasteiger partial charge in [0.15, 0.2) is 0 Å². The van der Waals surface area contributed by atoms with Crippen molar-refractivity contribution in [1.29, 1.82) is 5.26 Å². The summed E-state index contributed by atoms with van der Waals surface area (Å²) in [4.78, 5) is 14.0. The maximum Gasteiger partial charge on any atom is 0.138 e. The fraction of sp³-hybridized carbons (Fsp3) is 0.867. The van der Waals surface area contributed by atoms with E-state index in [0.29, 0.717) is 5.78 Å². The number of Topliss-reactive ketones (excluding diaryl/α,β-unsaturated/α-hetero) is 1. The fourth-order valence-corrected chi connectivity index (χ4v) is 2.50. The highest BCUT2D eigenvalue weighted by Crippen LogP contribution is 2.22. The number of likely N-dealkylation sites (tertiary alicyclic amines) is 1. The lowest BCUT2D eigenvalue weighted by atomic mass is 9.89. The average Bonchev–Trinajstić information content (AvgIpc) is 2.36. The molecule has 1 aliphatic heterocycles. The van der Waals surface area contributed by atoms with Crippen LogP contribution in [0.25, 0.3) is 0 Å². The monoisotopic (exact) mass is 250 g/mol. The Morgan fingerprint density at radius 3 is 2.78 bits per heavy atom. The van der Waals surface area contributed by atoms with Crippen LogP contribution in [0.4, 0.5) is 0 Å². The summed E-state index contributed by atoms with van der Waals surface area (Å²) < 4.78 is 0. The summed E-state index contributed by atoms with van der Waals surface area (Å²) in [5.74, 6) is 0.702. The van der Waals surface area contributed by atoms with Crippen LogP contribution < -0.4 is 0 Å². The van der Waals surface area contributed by atoms with Gasteiger partial charge in [0.25, 0.3) is 0 Å². The number of carbonyl (C=O) groups is 1. The highest BCUT2D eigenvalue weighted by molar-refractivity contribution is 5.82. The molecular formula is C15H26N2O. The predicted octanol–water partition coefficient (Wildman–Crippen LogP) is 3.01. The maximum atomic E-state index is 11.6. The van der Waals surface area contributed by atoms with Gasteiger partial charge < -0.3 is 4.90 Å². The summed E-state index contributed by atoms with van der Waals surface area (Å²) in [7, 11) is 0. The summed E-state index contributed by atoms with van der Waals surface area (Å²) in [6, 6.07) is 2.34. The standard InChI is InChI=1S/C15H26N2O/c1-4-13-11-17(10-7-14(13)18)9-6-5-8-15(2,3)12-16/h13H,4-11H2,1-3H3. The molecule has 0 aromatic carbocycles. The van der Waals surface area contributed by atoms with Gasteiger partial charge in [-0.05, 0) is 39.7 Å². The van der Waals surface area contributed by atoms with Crippen LogP contribution in [-0.4, -0.2) is 30.3 Å². The van der Waals surface area contributed by atoms with Gasteiger partial charge in [-0.25, -0.2) is 0 Å². The van der Waals surface area contributed by atoms with E-state index in [4.69, 9.17) is 5.26 Å². The van der Waals surface area contributed by atoms with Crippen molar-refractivity contribution in [2.24, 2.45) is 11.3 Å². The number of unbranched alkanes of at least 4 members (excludes halogenated alkanes) is 1. The summed E-state index contributed by atoms with van der Waals surface area (Å²) in [5.41, 5.74) is -0.191. The first-order valence-corrected chi connectivity index (χ1v) is 7.15. The van der Waals surface area contributed by atoms with Crippen molar-refractivity contribution < 1.29 is 4.79 Å². The Morgan fingerprint density at radius 2 is 2.17 bits per heavy atom. The van der Waals surface area contributed by atoms with Crippen LogP contribution in [0.1, 0.15) is 52.9 Å². The second-order valence-corrected chi connectivity index (χ2v) is 6.07. The van der Waals surface area contributed by atoms with Crippen LogP contribution in [0.5, 0.6) is 0 Å². The van der Waals surface area contributed by atoms with Gasteiger partial charge in [-0.15, -0.1) is 0 Å². The first-order chi connectivity index (χ1) is 8.48. The minimum absolute atomic E-state index is 0.191. The molecule has 3 heteroatoms. The lowest BCUT2D eigenvalue weighted by molar-refractivity contribution is -0.126. The van der Waals surface area contributed by atoms with Crippen LogP contribution in [0.3, 0.4) is 0 Å². The van der Waals surface area contributed by atoms with Crippen LogP contribution in [-0.2, 0) is 4.79 Å². The Morgan fingerprint density at radius 1 is 1.44 bits per heavy atom. The fourth-order valence-electron chi connectivity index (χ4n) is 2.50. The summed E-state index contributed by atoms with van der Waals surface area (Å²) >= 11 is 0. The molecule has 1 fully saturated rings. The van der Waals surface area contributed by atoms with Crippen molar-refractivity contribution in [2.75, 3.05) is 19.6 Å². The molecule has 0 bridgehead atoms. The molecule has 1 heterocycles. The maximum absolute atomic E-state index is 11.6. The van der Waals surface area contributed by atoms with Crippen LogP contribution >= 0.6 is 0 Å². The second-order valence-electron chi connectivity index (χ2n) is 6.07. The van der Waals surface area contributed by atoms with E-state index >= 15 is 0 Å². The molecule has 1 saturated heterocycles. The summed E-state index contributed by atoms with van der Waals surface area (Å²) in [6.07, 6.45) is 4.89. The van der Waals surface area contributed by atoms with Gasteiger partial charge in [0, 0.05) is 25.4 Å². The number of carbonyl (C=O) groups excluding carboxylic acids is 1. The highest BCUT2D eigenvalue weighted by Gasteiger charge is 2.25. The number of nitriles is 1. The topological polar surface area (TPSA) is 44.1 Å². The summed E-state index contributed by atoms with van der Waals surface area (Å²) in [5, 5.41) is 8.94. The smallest absolute Gasteiger partial charge is 0.138 e. The van der Waals surface area contributed by atoms with Crippen molar-refractivity contribution in [3.8, 4) is 6.07 Å². The Balaban J connectivity index is 2.21. The van der Waals surface area contributed by atoms with Gasteiger partial charge in [-0.3, -0.25) is 4.79 Å². The molecule has 1 rings (SSSR count). The molecule has 3 nitrogen and oxygen atoms in total. The first-order valence-electron chi connectivity index (χ1n) is 7.15. The van der Waals surface area contributed by atoms with E-state index in [9.17, 15) is 4.79 Å². The molecule has 0 radical (unpaired) electrons. The third kappa shape index (κ3) is 4.78. The van der Waals surface area contributed by atoms with E-state index in [2.05, 4.69) is 17.9 Å². The molecular weight excluding hydrogens is 224 g/mol. The molecule has 102 valence electrons. The van der Waals surface area contributed by atoms with Crippen molar-refractivity contribution in [3.63, 3.8) is 0 Å². The molecule has 0 aliphatic carbocycles. The first kappa shape index (κ1) is 15.2. The van der Waals surface area contributed by atoms with Crippen molar-refractivity contribution in [1.82, 2.24) is 4.90 Å². The molecule has 0 saturated carbocycles. The zero-order valence-electron chi connectivity index (χ0n) is 12.0. The quantitative estimate of drug-likeness (QED) is 0.681. The van der Waals surface area contributed by atoms with Crippen LogP contribution in [0.2, 0.25) is 0 Å². The SMILES string of the molecule is CCC1CN(CCCCC(C)(C)C#N)CCC1=O. The molecule has 0 aromatic rings. The average molecular weight is 250 g/mol. The van der Waals surface area contributed by atoms with Crippen molar-refractivity contribution in [3.05, 3.63) is 0 Å². The number of hydrogen-bond donors (Lipinski definition) is 0. The van der Waals surface area contributed by atoms with Crippen molar-refractivity contribution in [2.45, 2.75) is 52.9 Å². The lowest BCUT2D eigenvalue weighted by Crippen LogP contribution is -2.40. The molecule has 1 unspecified atom stereocenters. The largest absolute Gasteiger partial charge is 0.302 e. The third-order valence-corrected chi connectivity index (χ3v) is 3.93. The molecule has 0 aromatic heterocycles. The van der Waals surface area contributed by atoms with Gasteiger partial charge in [-0.1, -0.05) is 13.3 Å². The van der Waals surface area contributed by atoms with Gasteiger partial charge in [0.1, 0.15) is 5.78 Å². The van der Waals surface area contributed by atoms with Gasteiger partial charge >= 0.3 is 0 Å². The van der Waals surface area contributed by atoms with Crippen LogP contribution in [0.15, 0.2) is 0 Å². The van der Waals surface area contributed by atoms with Gasteiger partial charge in [0.2, 0.25) is 0 Å². The minimum atomic E-state index is -0.191. The second kappa shape index (κ2) is 6.89. The van der Waals surface area contributed by atoms with Crippen molar-refractivity contribution >= 4 is 5.78 Å². The number of piperidine rings is 1. The Hall–Kier alpha value is -0.880. The Labute approximate surface area is 111 Å². The minimum Gasteiger partial charge on any atom is -0.302 e. The van der Waals surface area contributed by atoms with E-state index in [1.807, 2.05) is 13.8 Å². The zero-order valence-corrected chi connectivity index (χ0v) is 12.0. The number of rotatable bonds is 6. The molecule has 0 N–H and O–H groups in total. The molecule has 1 aliphatic rings. The zero-order chi connectivity index (χ0) is 13.6. The van der Waals surface area contributed by atoms with Gasteiger partial charge in [0.05, 0.1) is 11.5 Å². The van der Waals surface area contributed by atoms with E-state index in [0.717, 1.165) is 51.7 Å². The van der Waals surface area contributed by atoms with E-state index in [1.54, 1.807) is 0 Å². The van der Waals surface area contributed by atoms with Crippen LogP contribution in [0, 0.1) is 22.7 Å². The lowest BCUT2D eigenvalue weighted by Gasteiger charge is -2.31. The highest BCUT2D eigenvalue weighted by atomic mass is 16.1. The van der Waals surface area contributed by atoms with E-state index in [-0.39, 0.29) is 11.3 Å². The number of ketones is 1. The van der Waals surface area contributed by atoms with E-state index < -0.39 is 0 Å². The summed E-state index contributed by atoms with van der Waals surface area (Å²) in [6.45, 7) is 9.04.